The Kier molecular flexibility index (Phi) is 4.83. The fourth-order valence-corrected chi connectivity index (χ4v) is 5.00. The van der Waals surface area contributed by atoms with Gasteiger partial charge in [0.2, 0.25) is 0 Å². The molecule has 3 aliphatic rings. The molecule has 1 aliphatic carbocycles. The number of non-ortho nitro benzene ring substituents is 1. The summed E-state index contributed by atoms with van der Waals surface area (Å²) in [4.78, 5) is 28.3. The molecule has 0 spiro atoms. The molecule has 0 aromatic heterocycles. The highest BCUT2D eigenvalue weighted by molar-refractivity contribution is 6.00. The quantitative estimate of drug-likeness (QED) is 0.609. The maximum atomic E-state index is 13.3. The number of benzene rings is 1. The van der Waals surface area contributed by atoms with Crippen molar-refractivity contribution in [2.45, 2.75) is 44.9 Å². The highest BCUT2D eigenvalue weighted by Crippen LogP contribution is 2.37. The number of hydrogen-bond acceptors (Lipinski definition) is 4. The average molecular weight is 357 g/mol. The van der Waals surface area contributed by atoms with E-state index in [0.29, 0.717) is 11.5 Å². The molecule has 0 bridgehead atoms. The number of anilines is 1. The van der Waals surface area contributed by atoms with Gasteiger partial charge in [0.1, 0.15) is 0 Å². The Morgan fingerprint density at radius 2 is 1.73 bits per heavy atom. The summed E-state index contributed by atoms with van der Waals surface area (Å²) in [6.45, 7) is 3.43. The molecule has 1 aromatic carbocycles. The highest BCUT2D eigenvalue weighted by atomic mass is 16.6. The van der Waals surface area contributed by atoms with Gasteiger partial charge in [0.25, 0.3) is 11.6 Å². The Bertz CT molecular complexity index is 700. The third-order valence-electron chi connectivity index (χ3n) is 6.45. The number of carbonyl (C=O) groups excluding carboxylic acids is 1. The number of carbonyl (C=O) groups is 1. The summed E-state index contributed by atoms with van der Waals surface area (Å²) in [6.07, 6.45) is 8.38. The van der Waals surface area contributed by atoms with E-state index >= 15 is 0 Å². The molecule has 26 heavy (non-hydrogen) atoms. The van der Waals surface area contributed by atoms with E-state index in [-0.39, 0.29) is 11.6 Å². The summed E-state index contributed by atoms with van der Waals surface area (Å²) in [5.74, 6) is 1.34. The number of nitro groups is 1. The first kappa shape index (κ1) is 17.3. The monoisotopic (exact) mass is 357 g/mol. The number of nitro benzene ring substituents is 1. The second kappa shape index (κ2) is 7.25. The predicted molar refractivity (Wildman–Crippen MR) is 101 cm³/mol. The lowest BCUT2D eigenvalue weighted by atomic mass is 9.75. The van der Waals surface area contributed by atoms with Gasteiger partial charge >= 0.3 is 0 Å². The molecular weight excluding hydrogens is 330 g/mol. The summed E-state index contributed by atoms with van der Waals surface area (Å²) in [6, 6.07) is 4.78. The number of amides is 1. The third kappa shape index (κ3) is 3.29. The Morgan fingerprint density at radius 3 is 2.46 bits per heavy atom. The van der Waals surface area contributed by atoms with Gasteiger partial charge in [0.05, 0.1) is 16.2 Å². The minimum atomic E-state index is -0.405. The fraction of sp³-hybridized carbons (Fsp3) is 0.650. The second-order valence-corrected chi connectivity index (χ2v) is 8.00. The minimum Gasteiger partial charge on any atom is -0.371 e. The van der Waals surface area contributed by atoms with Crippen LogP contribution in [-0.4, -0.2) is 41.9 Å². The van der Waals surface area contributed by atoms with Gasteiger partial charge in [-0.2, -0.15) is 0 Å². The molecule has 0 radical (unpaired) electrons. The van der Waals surface area contributed by atoms with Crippen molar-refractivity contribution in [2.75, 3.05) is 31.1 Å². The number of nitrogens with zero attached hydrogens (tertiary/aromatic N) is 3. The molecule has 1 aromatic rings. The average Bonchev–Trinajstić information content (AvgIpc) is 3.21. The number of hydrogen-bond donors (Lipinski definition) is 0. The van der Waals surface area contributed by atoms with Crippen molar-refractivity contribution in [2.24, 2.45) is 11.8 Å². The van der Waals surface area contributed by atoms with Crippen LogP contribution in [0.3, 0.4) is 0 Å². The summed E-state index contributed by atoms with van der Waals surface area (Å²) in [7, 11) is 0. The highest BCUT2D eigenvalue weighted by Gasteiger charge is 2.34. The first-order valence-corrected chi connectivity index (χ1v) is 9.96. The van der Waals surface area contributed by atoms with Crippen molar-refractivity contribution >= 4 is 17.3 Å². The van der Waals surface area contributed by atoms with E-state index in [0.717, 1.165) is 57.0 Å². The standard InChI is InChI=1S/C20H27N3O3/c24-20(22-12-9-15-5-1-2-6-16(15)14-22)18-13-17(23(25)26)7-8-19(18)21-10-3-4-11-21/h7-8,13,15-16H,1-6,9-12,14H2/t15-,16+/m1/s1. The van der Waals surface area contributed by atoms with Gasteiger partial charge in [-0.1, -0.05) is 19.3 Å². The fourth-order valence-electron chi connectivity index (χ4n) is 5.00. The van der Waals surface area contributed by atoms with E-state index < -0.39 is 4.92 Å². The zero-order chi connectivity index (χ0) is 18.1. The van der Waals surface area contributed by atoms with Crippen LogP contribution in [0.4, 0.5) is 11.4 Å². The maximum Gasteiger partial charge on any atom is 0.270 e. The van der Waals surface area contributed by atoms with Gasteiger partial charge in [0, 0.05) is 38.3 Å². The van der Waals surface area contributed by atoms with Crippen LogP contribution in [-0.2, 0) is 0 Å². The lowest BCUT2D eigenvalue weighted by Gasteiger charge is -2.41. The van der Waals surface area contributed by atoms with E-state index in [1.165, 1.54) is 37.8 Å². The van der Waals surface area contributed by atoms with Crippen LogP contribution in [0.25, 0.3) is 0 Å². The lowest BCUT2D eigenvalue weighted by molar-refractivity contribution is -0.384. The summed E-state index contributed by atoms with van der Waals surface area (Å²) >= 11 is 0. The van der Waals surface area contributed by atoms with Crippen LogP contribution in [0.2, 0.25) is 0 Å². The Morgan fingerprint density at radius 1 is 1.00 bits per heavy atom. The number of fused-ring (bicyclic) bond motifs is 1. The molecule has 1 amide bonds. The van der Waals surface area contributed by atoms with Gasteiger partial charge in [0.15, 0.2) is 0 Å². The zero-order valence-corrected chi connectivity index (χ0v) is 15.2. The molecule has 2 saturated heterocycles. The van der Waals surface area contributed by atoms with Crippen LogP contribution < -0.4 is 4.90 Å². The van der Waals surface area contributed by atoms with Crippen molar-refractivity contribution in [3.63, 3.8) is 0 Å². The largest absolute Gasteiger partial charge is 0.371 e. The van der Waals surface area contributed by atoms with Crippen LogP contribution in [0.1, 0.15) is 55.3 Å². The second-order valence-electron chi connectivity index (χ2n) is 8.00. The van der Waals surface area contributed by atoms with Gasteiger partial charge in [-0.05, 0) is 43.6 Å². The van der Waals surface area contributed by atoms with Crippen LogP contribution in [0.5, 0.6) is 0 Å². The van der Waals surface area contributed by atoms with E-state index in [2.05, 4.69) is 4.90 Å². The topological polar surface area (TPSA) is 66.7 Å². The number of piperidine rings is 1. The summed E-state index contributed by atoms with van der Waals surface area (Å²) in [5, 5.41) is 11.2. The molecule has 6 nitrogen and oxygen atoms in total. The van der Waals surface area contributed by atoms with Gasteiger partial charge in [-0.25, -0.2) is 0 Å². The molecule has 4 rings (SSSR count). The molecule has 140 valence electrons. The molecule has 6 heteroatoms. The zero-order valence-electron chi connectivity index (χ0n) is 15.2. The van der Waals surface area contributed by atoms with Crippen LogP contribution in [0.15, 0.2) is 18.2 Å². The Balaban J connectivity index is 1.61. The third-order valence-corrected chi connectivity index (χ3v) is 6.45. The molecule has 3 fully saturated rings. The van der Waals surface area contributed by atoms with E-state index in [1.807, 2.05) is 4.90 Å². The molecule has 2 atom stereocenters. The summed E-state index contributed by atoms with van der Waals surface area (Å²) in [5.41, 5.74) is 1.38. The smallest absolute Gasteiger partial charge is 0.270 e. The van der Waals surface area contributed by atoms with Gasteiger partial charge in [-0.15, -0.1) is 0 Å². The van der Waals surface area contributed by atoms with Crippen molar-refractivity contribution in [3.8, 4) is 0 Å². The Hall–Kier alpha value is -2.11. The maximum absolute atomic E-state index is 13.3. The van der Waals surface area contributed by atoms with E-state index in [1.54, 1.807) is 6.07 Å². The lowest BCUT2D eigenvalue weighted by Crippen LogP contribution is -2.45. The van der Waals surface area contributed by atoms with Crippen molar-refractivity contribution in [1.29, 1.82) is 0 Å². The first-order chi connectivity index (χ1) is 12.6. The van der Waals surface area contributed by atoms with Crippen molar-refractivity contribution in [3.05, 3.63) is 33.9 Å². The van der Waals surface area contributed by atoms with Crippen LogP contribution >= 0.6 is 0 Å². The van der Waals surface area contributed by atoms with E-state index in [4.69, 9.17) is 0 Å². The Labute approximate surface area is 154 Å². The molecule has 0 N–H and O–H groups in total. The molecule has 2 heterocycles. The molecule has 2 aliphatic heterocycles. The van der Waals surface area contributed by atoms with Gasteiger partial charge < -0.3 is 9.80 Å². The number of likely N-dealkylation sites (tertiary alicyclic amines) is 1. The van der Waals surface area contributed by atoms with Gasteiger partial charge in [-0.3, -0.25) is 14.9 Å². The van der Waals surface area contributed by atoms with Crippen molar-refractivity contribution in [1.82, 2.24) is 4.90 Å². The molecular formula is C20H27N3O3. The van der Waals surface area contributed by atoms with E-state index in [9.17, 15) is 14.9 Å². The SMILES string of the molecule is O=C(c1cc([N+](=O)[O-])ccc1N1CCCC1)N1CC[C@H]2CCCC[C@H]2C1. The van der Waals surface area contributed by atoms with Crippen molar-refractivity contribution < 1.29 is 9.72 Å². The molecule has 0 unspecified atom stereocenters. The van der Waals surface area contributed by atoms with Crippen LogP contribution in [0, 0.1) is 22.0 Å². The predicted octanol–water partition coefficient (Wildman–Crippen LogP) is 3.85. The minimum absolute atomic E-state index is 0.00356. The first-order valence-electron chi connectivity index (χ1n) is 9.96. The normalized spacial score (nSPS) is 25.8. The summed E-state index contributed by atoms with van der Waals surface area (Å²) < 4.78 is 0. The molecule has 1 saturated carbocycles. The number of rotatable bonds is 3.